The number of benzene rings is 1. The normalized spacial score (nSPS) is 13.1. The third kappa shape index (κ3) is 5.04. The zero-order valence-corrected chi connectivity index (χ0v) is 18.7. The van der Waals surface area contributed by atoms with Crippen molar-refractivity contribution in [2.45, 2.75) is 38.5 Å². The Labute approximate surface area is 186 Å². The van der Waals surface area contributed by atoms with Gasteiger partial charge >= 0.3 is 23.8 Å². The Bertz CT molecular complexity index is 991. The van der Waals surface area contributed by atoms with Crippen LogP contribution in [0, 0.1) is 6.92 Å². The van der Waals surface area contributed by atoms with E-state index in [1.165, 1.54) is 0 Å². The third-order valence-corrected chi connectivity index (χ3v) is 5.77. The number of methoxy groups -OCH3 is 2. The summed E-state index contributed by atoms with van der Waals surface area (Å²) in [5.74, 6) is -3.73. The minimum absolute atomic E-state index is 0.132. The zero-order valence-electron chi connectivity index (χ0n) is 17.9. The predicted molar refractivity (Wildman–Crippen MR) is 112 cm³/mol. The van der Waals surface area contributed by atoms with Crippen LogP contribution in [0.3, 0.4) is 0 Å². The van der Waals surface area contributed by atoms with Crippen molar-refractivity contribution in [1.82, 2.24) is 5.32 Å². The standard InChI is InChI=1S/C21H23F3N2O5S/c1-5-14-12(2)32-17(16(14)18(28)30-3)26-20(19(29)31-4,21(22,23)24)25-15(27)11-13-9-7-6-8-10-13/h6-10,26H,5,11H2,1-4H3,(H,25,27)/t20-/m1/s1. The van der Waals surface area contributed by atoms with Crippen LogP contribution in [-0.2, 0) is 31.9 Å². The van der Waals surface area contributed by atoms with Gasteiger partial charge in [-0.2, -0.15) is 13.2 Å². The molecule has 0 fully saturated rings. The summed E-state index contributed by atoms with van der Waals surface area (Å²) >= 11 is 0.840. The number of carbonyl (C=O) groups is 3. The van der Waals surface area contributed by atoms with Crippen molar-refractivity contribution in [2.24, 2.45) is 0 Å². The van der Waals surface area contributed by atoms with Gasteiger partial charge in [-0.1, -0.05) is 37.3 Å². The Morgan fingerprint density at radius 1 is 1.06 bits per heavy atom. The van der Waals surface area contributed by atoms with Crippen LogP contribution in [0.15, 0.2) is 30.3 Å². The van der Waals surface area contributed by atoms with Crippen LogP contribution in [0.1, 0.15) is 33.3 Å². The minimum atomic E-state index is -5.32. The van der Waals surface area contributed by atoms with Gasteiger partial charge in [0.1, 0.15) is 5.00 Å². The van der Waals surface area contributed by atoms with Gasteiger partial charge in [0.15, 0.2) is 0 Å². The predicted octanol–water partition coefficient (Wildman–Crippen LogP) is 3.61. The molecule has 2 aromatic rings. The van der Waals surface area contributed by atoms with Gasteiger partial charge in [0.05, 0.1) is 26.2 Å². The summed E-state index contributed by atoms with van der Waals surface area (Å²) in [5.41, 5.74) is -2.84. The lowest BCUT2D eigenvalue weighted by Crippen LogP contribution is -2.69. The molecule has 1 aromatic carbocycles. The number of amides is 1. The van der Waals surface area contributed by atoms with E-state index in [-0.39, 0.29) is 10.6 Å². The highest BCUT2D eigenvalue weighted by atomic mass is 32.1. The van der Waals surface area contributed by atoms with E-state index in [0.29, 0.717) is 22.4 Å². The number of thiophene rings is 1. The number of esters is 2. The summed E-state index contributed by atoms with van der Waals surface area (Å²) in [6.07, 6.45) is -5.39. The molecule has 0 bridgehead atoms. The molecular formula is C21H23F3N2O5S. The molecule has 2 rings (SSSR count). The van der Waals surface area contributed by atoms with E-state index in [4.69, 9.17) is 4.74 Å². The summed E-state index contributed by atoms with van der Waals surface area (Å²) in [4.78, 5) is 37.9. The summed E-state index contributed by atoms with van der Waals surface area (Å²) in [7, 11) is 1.86. The molecule has 0 spiro atoms. The van der Waals surface area contributed by atoms with E-state index in [1.807, 2.05) is 0 Å². The van der Waals surface area contributed by atoms with E-state index in [0.717, 1.165) is 25.6 Å². The topological polar surface area (TPSA) is 93.7 Å². The van der Waals surface area contributed by atoms with Crippen molar-refractivity contribution in [1.29, 1.82) is 0 Å². The summed E-state index contributed by atoms with van der Waals surface area (Å²) < 4.78 is 52.1. The number of carbonyl (C=O) groups excluding carboxylic acids is 3. The van der Waals surface area contributed by atoms with Crippen LogP contribution in [-0.4, -0.2) is 43.9 Å². The molecule has 0 aliphatic rings. The van der Waals surface area contributed by atoms with Crippen molar-refractivity contribution in [3.05, 3.63) is 51.9 Å². The number of nitrogens with one attached hydrogen (secondary N) is 2. The SMILES string of the molecule is CCc1c(C)sc(N[C@](NC(=O)Cc2ccccc2)(C(=O)OC)C(F)(F)F)c1C(=O)OC. The van der Waals surface area contributed by atoms with Crippen molar-refractivity contribution >= 4 is 34.2 Å². The van der Waals surface area contributed by atoms with Gasteiger partial charge in [-0.25, -0.2) is 9.59 Å². The lowest BCUT2D eigenvalue weighted by Gasteiger charge is -2.34. The molecule has 0 saturated carbocycles. The average Bonchev–Trinajstić information content (AvgIpc) is 3.06. The lowest BCUT2D eigenvalue weighted by atomic mass is 10.1. The van der Waals surface area contributed by atoms with E-state index in [9.17, 15) is 27.6 Å². The second-order valence-corrected chi connectivity index (χ2v) is 7.99. The zero-order chi connectivity index (χ0) is 24.1. The Balaban J connectivity index is 2.57. The largest absolute Gasteiger partial charge is 0.466 e. The maximum atomic E-state index is 14.3. The van der Waals surface area contributed by atoms with Crippen molar-refractivity contribution in [2.75, 3.05) is 19.5 Å². The Kier molecular flexibility index (Phi) is 7.89. The van der Waals surface area contributed by atoms with E-state index < -0.39 is 36.1 Å². The van der Waals surface area contributed by atoms with Gasteiger partial charge < -0.3 is 20.1 Å². The molecular weight excluding hydrogens is 449 g/mol. The Morgan fingerprint density at radius 2 is 1.69 bits per heavy atom. The second kappa shape index (κ2) is 10.0. The molecule has 0 aliphatic heterocycles. The van der Waals surface area contributed by atoms with Gasteiger partial charge in [-0.05, 0) is 24.5 Å². The van der Waals surface area contributed by atoms with Gasteiger partial charge in [0.25, 0.3) is 0 Å². The summed E-state index contributed by atoms with van der Waals surface area (Å²) in [5, 5.41) is 3.55. The molecule has 0 radical (unpaired) electrons. The summed E-state index contributed by atoms with van der Waals surface area (Å²) in [6.45, 7) is 3.35. The molecule has 1 atom stereocenters. The van der Waals surface area contributed by atoms with Crippen molar-refractivity contribution in [3.8, 4) is 0 Å². The molecule has 174 valence electrons. The van der Waals surface area contributed by atoms with Crippen LogP contribution >= 0.6 is 11.3 Å². The molecule has 11 heteroatoms. The average molecular weight is 472 g/mol. The molecule has 0 saturated heterocycles. The van der Waals surface area contributed by atoms with Gasteiger partial charge in [0, 0.05) is 4.88 Å². The summed E-state index contributed by atoms with van der Waals surface area (Å²) in [6, 6.07) is 8.07. The van der Waals surface area contributed by atoms with Crippen molar-refractivity contribution < 1.29 is 37.0 Å². The minimum Gasteiger partial charge on any atom is -0.466 e. The van der Waals surface area contributed by atoms with Crippen LogP contribution in [0.2, 0.25) is 0 Å². The lowest BCUT2D eigenvalue weighted by molar-refractivity contribution is -0.206. The number of hydrogen-bond acceptors (Lipinski definition) is 7. The number of hydrogen-bond donors (Lipinski definition) is 2. The van der Waals surface area contributed by atoms with Crippen LogP contribution in [0.25, 0.3) is 0 Å². The first-order chi connectivity index (χ1) is 15.0. The first kappa shape index (κ1) is 25.2. The molecule has 1 heterocycles. The van der Waals surface area contributed by atoms with E-state index in [2.05, 4.69) is 10.1 Å². The molecule has 32 heavy (non-hydrogen) atoms. The van der Waals surface area contributed by atoms with Crippen LogP contribution in [0.5, 0.6) is 0 Å². The Hall–Kier alpha value is -3.08. The fourth-order valence-corrected chi connectivity index (χ4v) is 4.35. The maximum Gasteiger partial charge on any atom is 0.441 e. The second-order valence-electron chi connectivity index (χ2n) is 6.76. The first-order valence-electron chi connectivity index (χ1n) is 9.49. The number of ether oxygens (including phenoxy) is 2. The van der Waals surface area contributed by atoms with Gasteiger partial charge in [-0.15, -0.1) is 11.3 Å². The smallest absolute Gasteiger partial charge is 0.441 e. The fraction of sp³-hybridized carbons (Fsp3) is 0.381. The third-order valence-electron chi connectivity index (χ3n) is 4.70. The number of anilines is 1. The number of halogens is 3. The van der Waals surface area contributed by atoms with E-state index in [1.54, 1.807) is 49.5 Å². The monoisotopic (exact) mass is 472 g/mol. The molecule has 0 unspecified atom stereocenters. The highest BCUT2D eigenvalue weighted by Gasteiger charge is 2.64. The highest BCUT2D eigenvalue weighted by Crippen LogP contribution is 2.40. The van der Waals surface area contributed by atoms with E-state index >= 15 is 0 Å². The highest BCUT2D eigenvalue weighted by molar-refractivity contribution is 7.16. The molecule has 1 amide bonds. The Morgan fingerprint density at radius 3 is 2.19 bits per heavy atom. The van der Waals surface area contributed by atoms with Crippen LogP contribution in [0.4, 0.5) is 18.2 Å². The van der Waals surface area contributed by atoms with Gasteiger partial charge in [-0.3, -0.25) is 4.79 Å². The number of alkyl halides is 3. The molecule has 1 aromatic heterocycles. The molecule has 7 nitrogen and oxygen atoms in total. The fourth-order valence-electron chi connectivity index (χ4n) is 3.16. The molecule has 0 aliphatic carbocycles. The number of rotatable bonds is 8. The van der Waals surface area contributed by atoms with Gasteiger partial charge in [0.2, 0.25) is 5.91 Å². The van der Waals surface area contributed by atoms with Crippen LogP contribution < -0.4 is 10.6 Å². The van der Waals surface area contributed by atoms with Crippen molar-refractivity contribution in [3.63, 3.8) is 0 Å². The number of aryl methyl sites for hydroxylation is 1. The first-order valence-corrected chi connectivity index (χ1v) is 10.3. The quantitative estimate of drug-likeness (QED) is 0.450. The molecule has 2 N–H and O–H groups in total. The maximum absolute atomic E-state index is 14.3.